The van der Waals surface area contributed by atoms with Crippen molar-refractivity contribution in [3.63, 3.8) is 0 Å². The van der Waals surface area contributed by atoms with Crippen LogP contribution in [0.5, 0.6) is 0 Å². The van der Waals surface area contributed by atoms with Gasteiger partial charge in [0.25, 0.3) is 0 Å². The van der Waals surface area contributed by atoms with E-state index in [4.69, 9.17) is 27.9 Å². The van der Waals surface area contributed by atoms with Gasteiger partial charge in [-0.15, -0.1) is 0 Å². The highest BCUT2D eigenvalue weighted by molar-refractivity contribution is 7.89. The Bertz CT molecular complexity index is 738. The van der Waals surface area contributed by atoms with Crippen molar-refractivity contribution < 1.29 is 17.9 Å². The van der Waals surface area contributed by atoms with Gasteiger partial charge in [-0.2, -0.15) is 4.31 Å². The molecule has 2 aliphatic heterocycles. The molecule has 120 valence electrons. The quantitative estimate of drug-likeness (QED) is 0.872. The number of carbonyl (C=O) groups excluding carboxylic acids is 1. The number of carbonyl (C=O) groups is 1. The third kappa shape index (κ3) is 2.56. The van der Waals surface area contributed by atoms with Crippen molar-refractivity contribution in [2.24, 2.45) is 0 Å². The molecule has 22 heavy (non-hydrogen) atoms. The van der Waals surface area contributed by atoms with Crippen molar-refractivity contribution in [3.8, 4) is 0 Å². The molecule has 6 nitrogen and oxygen atoms in total. The van der Waals surface area contributed by atoms with Gasteiger partial charge in [0, 0.05) is 6.54 Å². The van der Waals surface area contributed by atoms with E-state index in [2.05, 4.69) is 5.32 Å². The van der Waals surface area contributed by atoms with Gasteiger partial charge in [-0.3, -0.25) is 0 Å². The molecular weight excluding hydrogens is 351 g/mol. The maximum Gasteiger partial charge on any atom is 0.407 e. The molecule has 0 unspecified atom stereocenters. The molecule has 0 aliphatic carbocycles. The first-order valence-electron chi connectivity index (χ1n) is 6.72. The molecule has 2 aliphatic rings. The van der Waals surface area contributed by atoms with Gasteiger partial charge in [0.15, 0.2) is 0 Å². The minimum Gasteiger partial charge on any atom is -0.443 e. The first-order chi connectivity index (χ1) is 10.3. The number of nitrogens with zero attached hydrogens (tertiary/aromatic N) is 1. The van der Waals surface area contributed by atoms with Crippen LogP contribution in [0, 0.1) is 6.92 Å². The highest BCUT2D eigenvalue weighted by Gasteiger charge is 2.43. The van der Waals surface area contributed by atoms with Gasteiger partial charge in [-0.05, 0) is 25.0 Å². The van der Waals surface area contributed by atoms with Crippen LogP contribution in [0.15, 0.2) is 17.0 Å². The molecule has 0 aromatic heterocycles. The first-order valence-corrected chi connectivity index (χ1v) is 8.92. The fraction of sp³-hybridized carbons (Fsp3) is 0.462. The van der Waals surface area contributed by atoms with E-state index in [-0.39, 0.29) is 34.1 Å². The lowest BCUT2D eigenvalue weighted by atomic mass is 10.1. The Labute approximate surface area is 138 Å². The summed E-state index contributed by atoms with van der Waals surface area (Å²) in [6.45, 7) is 2.08. The average molecular weight is 365 g/mol. The summed E-state index contributed by atoms with van der Waals surface area (Å²) in [6.07, 6.45) is -0.518. The van der Waals surface area contributed by atoms with E-state index in [1.165, 1.54) is 10.4 Å². The Morgan fingerprint density at radius 2 is 2.09 bits per heavy atom. The van der Waals surface area contributed by atoms with Crippen molar-refractivity contribution >= 4 is 39.3 Å². The summed E-state index contributed by atoms with van der Waals surface area (Å²) >= 11 is 12.2. The number of fused-ring (bicyclic) bond motifs is 1. The second kappa shape index (κ2) is 5.56. The van der Waals surface area contributed by atoms with E-state index in [9.17, 15) is 13.2 Å². The summed E-state index contributed by atoms with van der Waals surface area (Å²) in [5.74, 6) is 0. The van der Waals surface area contributed by atoms with Crippen LogP contribution in [0.4, 0.5) is 4.79 Å². The maximum atomic E-state index is 12.8. The van der Waals surface area contributed by atoms with E-state index < -0.39 is 22.2 Å². The second-order valence-corrected chi connectivity index (χ2v) is 8.01. The molecule has 2 fully saturated rings. The van der Waals surface area contributed by atoms with Crippen molar-refractivity contribution in [2.45, 2.75) is 30.4 Å². The topological polar surface area (TPSA) is 75.7 Å². The molecule has 2 atom stereocenters. The Morgan fingerprint density at radius 1 is 1.36 bits per heavy atom. The number of ether oxygens (including phenoxy) is 1. The lowest BCUT2D eigenvalue weighted by Crippen LogP contribution is -2.50. The Hall–Kier alpha value is -1.02. The number of piperidine rings is 1. The van der Waals surface area contributed by atoms with Crippen LogP contribution >= 0.6 is 23.2 Å². The molecule has 1 aromatic carbocycles. The van der Waals surface area contributed by atoms with Crippen molar-refractivity contribution in [3.05, 3.63) is 27.7 Å². The summed E-state index contributed by atoms with van der Waals surface area (Å²) in [5.41, 5.74) is 0.633. The lowest BCUT2D eigenvalue weighted by molar-refractivity contribution is 0.0991. The summed E-state index contributed by atoms with van der Waals surface area (Å²) in [7, 11) is -3.85. The molecule has 0 bridgehead atoms. The second-order valence-electron chi connectivity index (χ2n) is 5.35. The number of hydrogen-bond donors (Lipinski definition) is 1. The Kier molecular flexibility index (Phi) is 4.01. The maximum absolute atomic E-state index is 12.8. The zero-order chi connectivity index (χ0) is 16.1. The van der Waals surface area contributed by atoms with Crippen molar-refractivity contribution in [1.29, 1.82) is 0 Å². The number of nitrogens with one attached hydrogen (secondary N) is 1. The number of alkyl carbamates (subject to hydrolysis) is 1. The smallest absolute Gasteiger partial charge is 0.407 e. The highest BCUT2D eigenvalue weighted by atomic mass is 35.5. The highest BCUT2D eigenvalue weighted by Crippen LogP contribution is 2.35. The number of aryl methyl sites for hydroxylation is 1. The van der Waals surface area contributed by atoms with Crippen LogP contribution in [0.1, 0.15) is 12.0 Å². The molecule has 9 heteroatoms. The number of hydrogen-bond acceptors (Lipinski definition) is 4. The summed E-state index contributed by atoms with van der Waals surface area (Å²) in [4.78, 5) is 11.2. The lowest BCUT2D eigenvalue weighted by Gasteiger charge is -2.32. The van der Waals surface area contributed by atoms with Gasteiger partial charge in [0.2, 0.25) is 10.0 Å². The van der Waals surface area contributed by atoms with Crippen LogP contribution in [0.3, 0.4) is 0 Å². The van der Waals surface area contributed by atoms with E-state index in [1.54, 1.807) is 13.0 Å². The normalized spacial score (nSPS) is 25.5. The van der Waals surface area contributed by atoms with Gasteiger partial charge in [-0.1, -0.05) is 29.3 Å². The third-order valence-corrected chi connectivity index (χ3v) is 6.90. The fourth-order valence-electron chi connectivity index (χ4n) is 2.71. The average Bonchev–Trinajstić information content (AvgIpc) is 2.82. The standard InChI is InChI=1S/C13H14Cl2N2O4S/c1-7-2-3-8(14)12(11(7)15)22(19,20)17-5-4-9-10(6-17)21-13(18)16-9/h2-3,9-10H,4-6H2,1H3,(H,16,18)/t9-,10+/m0/s1. The Balaban J connectivity index is 1.94. The van der Waals surface area contributed by atoms with Gasteiger partial charge < -0.3 is 10.1 Å². The number of amides is 1. The minimum atomic E-state index is -3.85. The summed E-state index contributed by atoms with van der Waals surface area (Å²) < 4.78 is 32.0. The number of halogens is 2. The predicted octanol–water partition coefficient (Wildman–Crippen LogP) is 2.17. The van der Waals surface area contributed by atoms with Crippen molar-refractivity contribution in [1.82, 2.24) is 9.62 Å². The van der Waals surface area contributed by atoms with E-state index in [1.807, 2.05) is 0 Å². The SMILES string of the molecule is Cc1ccc(Cl)c(S(=O)(=O)N2CC[C@@H]3NC(=O)O[C@@H]3C2)c1Cl. The number of rotatable bonds is 2. The van der Waals surface area contributed by atoms with E-state index in [0.717, 1.165) is 0 Å². The molecule has 1 amide bonds. The third-order valence-electron chi connectivity index (χ3n) is 3.92. The van der Waals surface area contributed by atoms with Gasteiger partial charge >= 0.3 is 6.09 Å². The molecular formula is C13H14Cl2N2O4S. The van der Waals surface area contributed by atoms with Gasteiger partial charge in [-0.25, -0.2) is 13.2 Å². The molecule has 3 rings (SSSR count). The van der Waals surface area contributed by atoms with Crippen LogP contribution in [-0.4, -0.2) is 44.1 Å². The molecule has 0 radical (unpaired) electrons. The zero-order valence-corrected chi connectivity index (χ0v) is 14.0. The van der Waals surface area contributed by atoms with Crippen LogP contribution < -0.4 is 5.32 Å². The van der Waals surface area contributed by atoms with Crippen LogP contribution in [0.25, 0.3) is 0 Å². The van der Waals surface area contributed by atoms with E-state index >= 15 is 0 Å². The first kappa shape index (κ1) is 15.9. The zero-order valence-electron chi connectivity index (χ0n) is 11.7. The van der Waals surface area contributed by atoms with Crippen LogP contribution in [-0.2, 0) is 14.8 Å². The summed E-state index contributed by atoms with van der Waals surface area (Å²) in [6, 6.07) is 3.03. The van der Waals surface area contributed by atoms with Crippen LogP contribution in [0.2, 0.25) is 10.0 Å². The predicted molar refractivity (Wildman–Crippen MR) is 81.8 cm³/mol. The minimum absolute atomic E-state index is 0.0827. The molecule has 0 saturated carbocycles. The largest absolute Gasteiger partial charge is 0.443 e. The molecule has 2 saturated heterocycles. The summed E-state index contributed by atoms with van der Waals surface area (Å²) in [5, 5.41) is 2.87. The molecule has 1 N–H and O–H groups in total. The van der Waals surface area contributed by atoms with E-state index in [0.29, 0.717) is 12.0 Å². The molecule has 0 spiro atoms. The van der Waals surface area contributed by atoms with Gasteiger partial charge in [0.1, 0.15) is 11.0 Å². The molecule has 2 heterocycles. The number of benzene rings is 1. The Morgan fingerprint density at radius 3 is 2.82 bits per heavy atom. The van der Waals surface area contributed by atoms with Crippen molar-refractivity contribution in [2.75, 3.05) is 13.1 Å². The molecule has 1 aromatic rings. The monoisotopic (exact) mass is 364 g/mol. The number of sulfonamides is 1. The fourth-order valence-corrected chi connectivity index (χ4v) is 5.32. The van der Waals surface area contributed by atoms with Gasteiger partial charge in [0.05, 0.1) is 22.6 Å².